The van der Waals surface area contributed by atoms with Crippen LogP contribution in [0.25, 0.3) is 0 Å². The van der Waals surface area contributed by atoms with E-state index in [1.54, 1.807) is 6.92 Å². The van der Waals surface area contributed by atoms with E-state index in [-0.39, 0.29) is 23.6 Å². The first-order valence-corrected chi connectivity index (χ1v) is 5.87. The minimum Gasteiger partial charge on any atom is -0.497 e. The fraction of sp³-hybridized carbons (Fsp3) is 0.385. The predicted molar refractivity (Wildman–Crippen MR) is 70.9 cm³/mol. The Morgan fingerprint density at radius 1 is 1.15 bits per heavy atom. The highest BCUT2D eigenvalue weighted by Crippen LogP contribution is 2.31. The monoisotopic (exact) mass is 283 g/mol. The van der Waals surface area contributed by atoms with Gasteiger partial charge in [-0.1, -0.05) is 0 Å². The second-order valence-corrected chi connectivity index (χ2v) is 3.67. The van der Waals surface area contributed by atoms with E-state index in [1.807, 2.05) is 0 Å². The number of nitrogen functional groups attached to an aromatic ring is 1. The Morgan fingerprint density at radius 3 is 2.40 bits per heavy atom. The molecule has 1 aromatic carbocycles. The maximum absolute atomic E-state index is 11.9. The third kappa shape index (κ3) is 3.78. The summed E-state index contributed by atoms with van der Waals surface area (Å²) in [6.07, 6.45) is 0. The number of rotatable bonds is 6. The minimum atomic E-state index is -0.757. The molecular weight excluding hydrogens is 266 g/mol. The van der Waals surface area contributed by atoms with Crippen molar-refractivity contribution in [3.05, 3.63) is 17.7 Å². The fourth-order valence-electron chi connectivity index (χ4n) is 1.46. The highest BCUT2D eigenvalue weighted by Gasteiger charge is 2.18. The first kappa shape index (κ1) is 15.6. The number of methoxy groups -OCH3 is 2. The van der Waals surface area contributed by atoms with Gasteiger partial charge in [0.05, 0.1) is 32.1 Å². The summed E-state index contributed by atoms with van der Waals surface area (Å²) in [6, 6.07) is 2.95. The molecule has 0 saturated heterocycles. The lowest BCUT2D eigenvalue weighted by Gasteiger charge is -2.12. The molecule has 0 aliphatic carbocycles. The van der Waals surface area contributed by atoms with Gasteiger partial charge in [-0.15, -0.1) is 0 Å². The molecule has 0 aromatic heterocycles. The summed E-state index contributed by atoms with van der Waals surface area (Å²) in [4.78, 5) is 23.0. The third-order valence-corrected chi connectivity index (χ3v) is 2.42. The lowest BCUT2D eigenvalue weighted by Crippen LogP contribution is -2.17. The van der Waals surface area contributed by atoms with Crippen LogP contribution in [0.3, 0.4) is 0 Å². The number of benzene rings is 1. The summed E-state index contributed by atoms with van der Waals surface area (Å²) in [5.41, 5.74) is 5.96. The maximum atomic E-state index is 11.9. The molecule has 0 radical (unpaired) electrons. The average Bonchev–Trinajstić information content (AvgIpc) is 2.45. The van der Waals surface area contributed by atoms with Crippen molar-refractivity contribution in [3.8, 4) is 11.5 Å². The second kappa shape index (κ2) is 7.22. The standard InChI is InChI=1S/C13H17NO6/c1-4-19-11(15)7-20-13(16)9-5-8(17-2)6-10(18-3)12(9)14/h5-6H,4,7,14H2,1-3H3. The summed E-state index contributed by atoms with van der Waals surface area (Å²) in [6.45, 7) is 1.39. The molecule has 0 saturated carbocycles. The SMILES string of the molecule is CCOC(=O)COC(=O)c1cc(OC)cc(OC)c1N. The third-order valence-electron chi connectivity index (χ3n) is 2.42. The normalized spacial score (nSPS) is 9.75. The first-order chi connectivity index (χ1) is 9.53. The Hall–Kier alpha value is -2.44. The Kier molecular flexibility index (Phi) is 5.64. The molecule has 1 aromatic rings. The fourth-order valence-corrected chi connectivity index (χ4v) is 1.46. The predicted octanol–water partition coefficient (Wildman–Crippen LogP) is 1.01. The van der Waals surface area contributed by atoms with E-state index in [2.05, 4.69) is 4.74 Å². The van der Waals surface area contributed by atoms with Crippen LogP contribution >= 0.6 is 0 Å². The Balaban J connectivity index is 2.89. The molecule has 1 rings (SSSR count). The van der Waals surface area contributed by atoms with Crippen molar-refractivity contribution in [2.45, 2.75) is 6.92 Å². The zero-order valence-corrected chi connectivity index (χ0v) is 11.6. The number of hydrogen-bond acceptors (Lipinski definition) is 7. The van der Waals surface area contributed by atoms with Crippen LogP contribution in [-0.4, -0.2) is 39.4 Å². The molecule has 7 heteroatoms. The van der Waals surface area contributed by atoms with Gasteiger partial charge < -0.3 is 24.7 Å². The maximum Gasteiger partial charge on any atom is 0.344 e. The minimum absolute atomic E-state index is 0.0606. The van der Waals surface area contributed by atoms with Gasteiger partial charge in [-0.25, -0.2) is 9.59 Å². The van der Waals surface area contributed by atoms with Gasteiger partial charge in [0.15, 0.2) is 6.61 Å². The van der Waals surface area contributed by atoms with Crippen LogP contribution in [-0.2, 0) is 14.3 Å². The molecule has 2 N–H and O–H groups in total. The lowest BCUT2D eigenvalue weighted by atomic mass is 10.1. The van der Waals surface area contributed by atoms with Crippen LogP contribution in [0.1, 0.15) is 17.3 Å². The summed E-state index contributed by atoms with van der Waals surface area (Å²) in [5, 5.41) is 0. The number of hydrogen-bond donors (Lipinski definition) is 1. The average molecular weight is 283 g/mol. The number of carbonyl (C=O) groups is 2. The highest BCUT2D eigenvalue weighted by molar-refractivity contribution is 5.98. The van der Waals surface area contributed by atoms with Crippen molar-refractivity contribution in [1.29, 1.82) is 0 Å². The van der Waals surface area contributed by atoms with Crippen molar-refractivity contribution >= 4 is 17.6 Å². The van der Waals surface area contributed by atoms with Crippen LogP contribution in [0, 0.1) is 0 Å². The molecule has 0 aliphatic heterocycles. The summed E-state index contributed by atoms with van der Waals surface area (Å²) in [5.74, 6) is -0.714. The molecule has 0 heterocycles. The molecule has 0 spiro atoms. The molecule has 110 valence electrons. The largest absolute Gasteiger partial charge is 0.497 e. The number of ether oxygens (including phenoxy) is 4. The van der Waals surface area contributed by atoms with Crippen molar-refractivity contribution in [2.24, 2.45) is 0 Å². The van der Waals surface area contributed by atoms with Crippen LogP contribution < -0.4 is 15.2 Å². The van der Waals surface area contributed by atoms with Gasteiger partial charge in [-0.3, -0.25) is 0 Å². The highest BCUT2D eigenvalue weighted by atomic mass is 16.6. The Morgan fingerprint density at radius 2 is 1.85 bits per heavy atom. The van der Waals surface area contributed by atoms with Gasteiger partial charge in [0, 0.05) is 6.07 Å². The second-order valence-electron chi connectivity index (χ2n) is 3.67. The zero-order valence-electron chi connectivity index (χ0n) is 11.6. The van der Waals surface area contributed by atoms with Crippen LogP contribution in [0.4, 0.5) is 5.69 Å². The first-order valence-electron chi connectivity index (χ1n) is 5.87. The van der Waals surface area contributed by atoms with E-state index in [0.717, 1.165) is 0 Å². The lowest BCUT2D eigenvalue weighted by molar-refractivity contribution is -0.146. The van der Waals surface area contributed by atoms with Crippen LogP contribution in [0.5, 0.6) is 11.5 Å². The molecule has 0 unspecified atom stereocenters. The smallest absolute Gasteiger partial charge is 0.344 e. The van der Waals surface area contributed by atoms with E-state index in [0.29, 0.717) is 5.75 Å². The zero-order chi connectivity index (χ0) is 15.1. The van der Waals surface area contributed by atoms with Crippen LogP contribution in [0.15, 0.2) is 12.1 Å². The van der Waals surface area contributed by atoms with Gasteiger partial charge in [0.25, 0.3) is 0 Å². The molecule has 0 amide bonds. The van der Waals surface area contributed by atoms with Gasteiger partial charge in [-0.2, -0.15) is 0 Å². The van der Waals surface area contributed by atoms with Crippen molar-refractivity contribution in [1.82, 2.24) is 0 Å². The van der Waals surface area contributed by atoms with Crippen molar-refractivity contribution in [2.75, 3.05) is 33.2 Å². The Labute approximate surface area is 116 Å². The molecule has 0 aliphatic rings. The van der Waals surface area contributed by atoms with E-state index in [4.69, 9.17) is 19.9 Å². The van der Waals surface area contributed by atoms with Crippen LogP contribution in [0.2, 0.25) is 0 Å². The van der Waals surface area contributed by atoms with E-state index < -0.39 is 18.5 Å². The van der Waals surface area contributed by atoms with E-state index in [9.17, 15) is 9.59 Å². The number of esters is 2. The summed E-state index contributed by atoms with van der Waals surface area (Å²) < 4.78 is 19.5. The van der Waals surface area contributed by atoms with Crippen molar-refractivity contribution < 1.29 is 28.5 Å². The molecular formula is C13H17NO6. The van der Waals surface area contributed by atoms with Crippen molar-refractivity contribution in [3.63, 3.8) is 0 Å². The van der Waals surface area contributed by atoms with E-state index >= 15 is 0 Å². The number of nitrogens with two attached hydrogens (primary N) is 1. The van der Waals surface area contributed by atoms with Gasteiger partial charge in [0.2, 0.25) is 0 Å². The number of carbonyl (C=O) groups excluding carboxylic acids is 2. The Bertz CT molecular complexity index is 500. The summed E-state index contributed by atoms with van der Waals surface area (Å²) in [7, 11) is 2.86. The molecule has 0 atom stereocenters. The molecule has 0 bridgehead atoms. The molecule has 7 nitrogen and oxygen atoms in total. The van der Waals surface area contributed by atoms with Gasteiger partial charge in [-0.05, 0) is 13.0 Å². The molecule has 0 fully saturated rings. The van der Waals surface area contributed by atoms with Gasteiger partial charge in [0.1, 0.15) is 11.5 Å². The topological polar surface area (TPSA) is 97.1 Å². The number of anilines is 1. The van der Waals surface area contributed by atoms with Gasteiger partial charge >= 0.3 is 11.9 Å². The quantitative estimate of drug-likeness (QED) is 0.614. The summed E-state index contributed by atoms with van der Waals surface area (Å²) >= 11 is 0. The van der Waals surface area contributed by atoms with E-state index in [1.165, 1.54) is 26.4 Å². The molecule has 20 heavy (non-hydrogen) atoms.